The van der Waals surface area contributed by atoms with Gasteiger partial charge in [-0.15, -0.1) is 0 Å². The van der Waals surface area contributed by atoms with E-state index in [0.717, 1.165) is 6.33 Å². The summed E-state index contributed by atoms with van der Waals surface area (Å²) in [4.78, 5) is 31.3. The lowest BCUT2D eigenvalue weighted by Gasteiger charge is -2.20. The number of hydrogen-bond acceptors (Lipinski definition) is 16. The summed E-state index contributed by atoms with van der Waals surface area (Å²) in [5, 5.41) is 49.0. The van der Waals surface area contributed by atoms with Gasteiger partial charge in [-0.25, -0.2) is 24.1 Å². The van der Waals surface area contributed by atoms with Crippen molar-refractivity contribution in [1.29, 1.82) is 0 Å². The van der Waals surface area contributed by atoms with Gasteiger partial charge < -0.3 is 50.5 Å². The molecule has 0 spiro atoms. The topological polar surface area (TPSA) is 292 Å². The van der Waals surface area contributed by atoms with E-state index in [2.05, 4.69) is 28.3 Å². The number of aliphatic hydroxyl groups is 5. The van der Waals surface area contributed by atoms with Crippen molar-refractivity contribution in [3.8, 4) is 0 Å². The summed E-state index contributed by atoms with van der Waals surface area (Å²) < 4.78 is 48.8. The molecular formula is C15H23N5O14P2. The number of anilines is 1. The van der Waals surface area contributed by atoms with Crippen molar-refractivity contribution in [2.45, 2.75) is 49.1 Å². The van der Waals surface area contributed by atoms with Crippen LogP contribution in [0.15, 0.2) is 12.7 Å². The Hall–Kier alpha value is -1.67. The highest BCUT2D eigenvalue weighted by atomic mass is 31.3. The van der Waals surface area contributed by atoms with Crippen molar-refractivity contribution >= 4 is 32.6 Å². The van der Waals surface area contributed by atoms with Crippen molar-refractivity contribution in [1.82, 2.24) is 19.5 Å². The minimum Gasteiger partial charge on any atom is -0.387 e. The van der Waals surface area contributed by atoms with E-state index in [0.29, 0.717) is 0 Å². The van der Waals surface area contributed by atoms with Gasteiger partial charge in [-0.1, -0.05) is 0 Å². The van der Waals surface area contributed by atoms with Crippen molar-refractivity contribution in [3.63, 3.8) is 0 Å². The first-order chi connectivity index (χ1) is 16.8. The minimum atomic E-state index is -5.31. The summed E-state index contributed by atoms with van der Waals surface area (Å²) in [5.74, 6) is 0.0575. The van der Waals surface area contributed by atoms with Crippen LogP contribution in [0.1, 0.15) is 6.23 Å². The summed E-state index contributed by atoms with van der Waals surface area (Å²) in [6.45, 7) is -1.79. The Labute approximate surface area is 200 Å². The predicted molar refractivity (Wildman–Crippen MR) is 111 cm³/mol. The number of aliphatic hydroxyl groups excluding tert-OH is 5. The first kappa shape index (κ1) is 27.4. The van der Waals surface area contributed by atoms with Gasteiger partial charge in [0, 0.05) is 0 Å². The molecule has 4 heterocycles. The Morgan fingerprint density at radius 3 is 2.06 bits per heavy atom. The van der Waals surface area contributed by atoms with Crippen LogP contribution in [0.25, 0.3) is 11.2 Å². The number of nitrogen functional groups attached to an aromatic ring is 1. The average molecular weight is 559 g/mol. The quantitative estimate of drug-likeness (QED) is 0.140. The number of aromatic nitrogens is 4. The van der Waals surface area contributed by atoms with Crippen molar-refractivity contribution in [2.24, 2.45) is 0 Å². The smallest absolute Gasteiger partial charge is 0.387 e. The molecule has 21 heteroatoms. The van der Waals surface area contributed by atoms with Crippen LogP contribution in [0.2, 0.25) is 0 Å². The third-order valence-electron chi connectivity index (χ3n) is 5.35. The van der Waals surface area contributed by atoms with E-state index in [1.807, 2.05) is 0 Å². The molecular weight excluding hydrogens is 536 g/mol. The minimum absolute atomic E-state index is 0.0575. The SMILES string of the molecule is Nc1ncnc2c1ncn2C1O[C@H](COP(=O)(O)OP(=O)(O)OC[C@H]2O[C@@H](O)[C@H](O)[C@@H]2O)[C@@H](O)[C@H]1O. The van der Waals surface area contributed by atoms with E-state index in [-0.39, 0.29) is 17.0 Å². The van der Waals surface area contributed by atoms with E-state index in [4.69, 9.17) is 15.2 Å². The summed E-state index contributed by atoms with van der Waals surface area (Å²) in [7, 11) is -10.6. The van der Waals surface area contributed by atoms with E-state index < -0.39 is 78.0 Å². The van der Waals surface area contributed by atoms with Crippen LogP contribution in [-0.2, 0) is 32.0 Å². The maximum Gasteiger partial charge on any atom is 0.481 e. The summed E-state index contributed by atoms with van der Waals surface area (Å²) >= 11 is 0. The van der Waals surface area contributed by atoms with E-state index in [1.54, 1.807) is 0 Å². The Kier molecular flexibility index (Phi) is 7.78. The second kappa shape index (κ2) is 10.2. The van der Waals surface area contributed by atoms with Crippen LogP contribution in [0, 0.1) is 0 Å². The fraction of sp³-hybridized carbons (Fsp3) is 0.667. The number of rotatable bonds is 9. The highest BCUT2D eigenvalue weighted by Crippen LogP contribution is 2.60. The Morgan fingerprint density at radius 1 is 0.889 bits per heavy atom. The summed E-state index contributed by atoms with van der Waals surface area (Å²) in [5.41, 5.74) is 6.09. The molecule has 202 valence electrons. The van der Waals surface area contributed by atoms with Gasteiger partial charge in [0.05, 0.1) is 19.5 Å². The van der Waals surface area contributed by atoms with Crippen molar-refractivity contribution in [3.05, 3.63) is 12.7 Å². The van der Waals surface area contributed by atoms with E-state index in [9.17, 15) is 44.4 Å². The molecule has 2 aliphatic rings. The lowest BCUT2D eigenvalue weighted by Crippen LogP contribution is -2.34. The molecule has 3 unspecified atom stereocenters. The number of nitrogens with zero attached hydrogens (tertiary/aromatic N) is 4. The highest BCUT2D eigenvalue weighted by molar-refractivity contribution is 7.61. The number of fused-ring (bicyclic) bond motifs is 1. The first-order valence-electron chi connectivity index (χ1n) is 10.1. The molecule has 0 aliphatic carbocycles. The Balaban J connectivity index is 1.34. The zero-order valence-electron chi connectivity index (χ0n) is 17.9. The predicted octanol–water partition coefficient (Wildman–Crippen LogP) is -3.28. The standard InChI is InChI=1S/C15H23N5O14P2/c16-12-7-13(18-3-17-12)20(4-19-7)14-10(23)8(21)5(32-14)1-30-35(26,27)34-36(28,29)31-2-6-9(22)11(24)15(25)33-6/h3-6,8-11,14-15,21-25H,1-2H2,(H,26,27)(H,28,29)(H2,16,17,18)/t5-,6-,8-,9-,10-,11-,14?,15-/m1/s1. The zero-order valence-corrected chi connectivity index (χ0v) is 19.7. The van der Waals surface area contributed by atoms with Gasteiger partial charge in [0.15, 0.2) is 24.0 Å². The van der Waals surface area contributed by atoms with Gasteiger partial charge >= 0.3 is 15.6 Å². The fourth-order valence-electron chi connectivity index (χ4n) is 3.53. The van der Waals surface area contributed by atoms with Gasteiger partial charge in [-0.3, -0.25) is 13.6 Å². The zero-order chi connectivity index (χ0) is 26.4. The Morgan fingerprint density at radius 2 is 1.47 bits per heavy atom. The molecule has 2 fully saturated rings. The van der Waals surface area contributed by atoms with Gasteiger partial charge in [0.1, 0.15) is 48.5 Å². The number of phosphoric acid groups is 2. The Bertz CT molecular complexity index is 1180. The normalized spacial score (nSPS) is 36.2. The maximum atomic E-state index is 12.2. The number of phosphoric ester groups is 2. The van der Waals surface area contributed by atoms with Crippen LogP contribution in [0.3, 0.4) is 0 Å². The van der Waals surface area contributed by atoms with Gasteiger partial charge in [-0.2, -0.15) is 4.31 Å². The number of imidazole rings is 1. The first-order valence-corrected chi connectivity index (χ1v) is 13.1. The maximum absolute atomic E-state index is 12.2. The van der Waals surface area contributed by atoms with Crippen molar-refractivity contribution in [2.75, 3.05) is 18.9 Å². The molecule has 0 aromatic carbocycles. The van der Waals surface area contributed by atoms with Gasteiger partial charge in [0.25, 0.3) is 0 Å². The average Bonchev–Trinajstić information content (AvgIpc) is 3.42. The monoisotopic (exact) mass is 559 g/mol. The third kappa shape index (κ3) is 5.59. The fourth-order valence-corrected chi connectivity index (χ4v) is 5.62. The van der Waals surface area contributed by atoms with Crippen LogP contribution >= 0.6 is 15.6 Å². The van der Waals surface area contributed by atoms with E-state index >= 15 is 0 Å². The largest absolute Gasteiger partial charge is 0.481 e. The molecule has 0 radical (unpaired) electrons. The van der Waals surface area contributed by atoms with Crippen molar-refractivity contribution < 1.29 is 67.3 Å². The molecule has 36 heavy (non-hydrogen) atoms. The number of hydrogen-bond donors (Lipinski definition) is 8. The third-order valence-corrected chi connectivity index (χ3v) is 7.95. The molecule has 0 saturated carbocycles. The lowest BCUT2D eigenvalue weighted by molar-refractivity contribution is -0.132. The lowest BCUT2D eigenvalue weighted by atomic mass is 10.1. The molecule has 2 aromatic heterocycles. The van der Waals surface area contributed by atoms with E-state index in [1.165, 1.54) is 10.9 Å². The molecule has 10 atom stereocenters. The molecule has 0 bridgehead atoms. The molecule has 9 N–H and O–H groups in total. The van der Waals surface area contributed by atoms with Crippen LogP contribution < -0.4 is 5.73 Å². The number of nitrogens with two attached hydrogens (primary N) is 1. The molecule has 2 saturated heterocycles. The molecule has 0 amide bonds. The van der Waals surface area contributed by atoms with Crippen LogP contribution in [0.4, 0.5) is 5.82 Å². The summed E-state index contributed by atoms with van der Waals surface area (Å²) in [6, 6.07) is 0. The molecule has 2 aliphatic heterocycles. The second-order valence-electron chi connectivity index (χ2n) is 7.79. The molecule has 4 rings (SSSR count). The summed E-state index contributed by atoms with van der Waals surface area (Å²) in [6.07, 6.45) is -10.1. The molecule has 2 aromatic rings. The van der Waals surface area contributed by atoms with Crippen LogP contribution in [-0.4, -0.2) is 111 Å². The number of ether oxygens (including phenoxy) is 2. The second-order valence-corrected chi connectivity index (χ2v) is 10.8. The molecule has 19 nitrogen and oxygen atoms in total. The van der Waals surface area contributed by atoms with Gasteiger partial charge in [-0.05, 0) is 0 Å². The highest BCUT2D eigenvalue weighted by Gasteiger charge is 2.47. The van der Waals surface area contributed by atoms with Gasteiger partial charge in [0.2, 0.25) is 0 Å². The van der Waals surface area contributed by atoms with Crippen LogP contribution in [0.5, 0.6) is 0 Å².